The minimum atomic E-state index is -3.69. The van der Waals surface area contributed by atoms with Crippen molar-refractivity contribution >= 4 is 33.2 Å². The molecule has 7 heteroatoms. The summed E-state index contributed by atoms with van der Waals surface area (Å²) in [6.07, 6.45) is 3.92. The van der Waals surface area contributed by atoms with Crippen LogP contribution in [0, 0.1) is 6.92 Å². The van der Waals surface area contributed by atoms with Gasteiger partial charge in [-0.3, -0.25) is 9.10 Å². The topological polar surface area (TPSA) is 66.5 Å². The molecule has 0 fully saturated rings. The third kappa shape index (κ3) is 4.33. The predicted molar refractivity (Wildman–Crippen MR) is 113 cm³/mol. The zero-order chi connectivity index (χ0) is 20.5. The van der Waals surface area contributed by atoms with E-state index >= 15 is 0 Å². The molecule has 2 aromatic rings. The lowest BCUT2D eigenvalue weighted by molar-refractivity contribution is -0.122. The van der Waals surface area contributed by atoms with Crippen molar-refractivity contribution in [2.24, 2.45) is 0 Å². The van der Waals surface area contributed by atoms with Crippen molar-refractivity contribution in [2.45, 2.75) is 45.2 Å². The molecular weight excluding hydrogens is 396 g/mol. The van der Waals surface area contributed by atoms with Crippen molar-refractivity contribution in [1.82, 2.24) is 5.32 Å². The number of sulfonamides is 1. The van der Waals surface area contributed by atoms with E-state index in [9.17, 15) is 13.2 Å². The molecule has 0 aliphatic heterocycles. The lowest BCUT2D eigenvalue weighted by atomic mass is 9.87. The maximum Gasteiger partial charge on any atom is 0.244 e. The molecule has 1 aliphatic carbocycles. The van der Waals surface area contributed by atoms with Crippen LogP contribution in [-0.4, -0.2) is 26.6 Å². The fourth-order valence-corrected chi connectivity index (χ4v) is 5.19. The quantitative estimate of drug-likeness (QED) is 0.795. The van der Waals surface area contributed by atoms with Gasteiger partial charge in [0.2, 0.25) is 15.9 Å². The number of hydrogen-bond acceptors (Lipinski definition) is 3. The summed E-state index contributed by atoms with van der Waals surface area (Å²) in [5, 5.41) is 3.47. The normalized spacial score (nSPS) is 17.5. The first kappa shape index (κ1) is 20.7. The molecule has 150 valence electrons. The van der Waals surface area contributed by atoms with Gasteiger partial charge in [0.1, 0.15) is 6.04 Å². The molecular formula is C21H25ClN2O3S. The van der Waals surface area contributed by atoms with Gasteiger partial charge in [0, 0.05) is 5.02 Å². The highest BCUT2D eigenvalue weighted by molar-refractivity contribution is 7.92. The summed E-state index contributed by atoms with van der Waals surface area (Å²) < 4.78 is 26.2. The summed E-state index contributed by atoms with van der Waals surface area (Å²) in [5.74, 6) is -0.327. The van der Waals surface area contributed by atoms with Gasteiger partial charge in [0.25, 0.3) is 0 Å². The summed E-state index contributed by atoms with van der Waals surface area (Å²) in [6, 6.07) is 12.1. The van der Waals surface area contributed by atoms with E-state index < -0.39 is 16.1 Å². The van der Waals surface area contributed by atoms with Gasteiger partial charge in [-0.1, -0.05) is 41.9 Å². The predicted octanol–water partition coefficient (Wildman–Crippen LogP) is 4.00. The minimum absolute atomic E-state index is 0.109. The summed E-state index contributed by atoms with van der Waals surface area (Å²) in [5.41, 5.74) is 3.50. The van der Waals surface area contributed by atoms with Gasteiger partial charge in [-0.2, -0.15) is 0 Å². The first-order valence-corrected chi connectivity index (χ1v) is 11.5. The maximum absolute atomic E-state index is 13.0. The Morgan fingerprint density at radius 1 is 1.25 bits per heavy atom. The smallest absolute Gasteiger partial charge is 0.244 e. The Morgan fingerprint density at radius 3 is 2.68 bits per heavy atom. The van der Waals surface area contributed by atoms with E-state index in [2.05, 4.69) is 11.4 Å². The highest BCUT2D eigenvalue weighted by Gasteiger charge is 2.32. The number of benzene rings is 2. The number of fused-ring (bicyclic) bond motifs is 1. The number of anilines is 1. The Kier molecular flexibility index (Phi) is 6.01. The number of nitrogens with zero attached hydrogens (tertiary/aromatic N) is 1. The third-order valence-electron chi connectivity index (χ3n) is 5.18. The molecule has 0 saturated carbocycles. The number of carbonyl (C=O) groups is 1. The Balaban J connectivity index is 1.89. The standard InChI is InChI=1S/C21H25ClN2O3S/c1-14-11-12-17(22)13-20(14)24(28(3,26)27)15(2)21(25)23-19-10-6-8-16-7-4-5-9-18(16)19/h4-5,7,9,11-13,15,19H,6,8,10H2,1-3H3,(H,23,25). The van der Waals surface area contributed by atoms with Crippen LogP contribution >= 0.6 is 11.6 Å². The second-order valence-electron chi connectivity index (χ2n) is 7.32. The van der Waals surface area contributed by atoms with Crippen LogP contribution in [0.25, 0.3) is 0 Å². The van der Waals surface area contributed by atoms with Crippen LogP contribution in [0.15, 0.2) is 42.5 Å². The average Bonchev–Trinajstić information content (AvgIpc) is 2.64. The Hall–Kier alpha value is -2.05. The molecule has 0 saturated heterocycles. The molecule has 0 aromatic heterocycles. The van der Waals surface area contributed by atoms with E-state index in [1.807, 2.05) is 18.2 Å². The number of carbonyl (C=O) groups excluding carboxylic acids is 1. The van der Waals surface area contributed by atoms with Crippen LogP contribution in [0.5, 0.6) is 0 Å². The Morgan fingerprint density at radius 2 is 1.96 bits per heavy atom. The zero-order valence-electron chi connectivity index (χ0n) is 16.3. The van der Waals surface area contributed by atoms with Crippen molar-refractivity contribution in [3.05, 3.63) is 64.2 Å². The van der Waals surface area contributed by atoms with E-state index in [4.69, 9.17) is 11.6 Å². The fourth-order valence-electron chi connectivity index (χ4n) is 3.80. The average molecular weight is 421 g/mol. The largest absolute Gasteiger partial charge is 0.347 e. The molecule has 0 bridgehead atoms. The van der Waals surface area contributed by atoms with E-state index in [1.165, 1.54) is 5.56 Å². The summed E-state index contributed by atoms with van der Waals surface area (Å²) in [6.45, 7) is 3.40. The molecule has 2 atom stereocenters. The molecule has 2 aromatic carbocycles. The molecule has 28 heavy (non-hydrogen) atoms. The van der Waals surface area contributed by atoms with Crippen molar-refractivity contribution < 1.29 is 13.2 Å². The van der Waals surface area contributed by atoms with Crippen LogP contribution in [-0.2, 0) is 21.2 Å². The number of amides is 1. The molecule has 0 radical (unpaired) electrons. The van der Waals surface area contributed by atoms with Gasteiger partial charge >= 0.3 is 0 Å². The minimum Gasteiger partial charge on any atom is -0.347 e. The molecule has 1 aliphatic rings. The van der Waals surface area contributed by atoms with Gasteiger partial charge in [-0.05, 0) is 61.9 Å². The number of hydrogen-bond donors (Lipinski definition) is 1. The zero-order valence-corrected chi connectivity index (χ0v) is 17.8. The highest BCUT2D eigenvalue weighted by atomic mass is 35.5. The lowest BCUT2D eigenvalue weighted by Crippen LogP contribution is -2.49. The van der Waals surface area contributed by atoms with Gasteiger partial charge < -0.3 is 5.32 Å². The van der Waals surface area contributed by atoms with Gasteiger partial charge in [0.05, 0.1) is 18.0 Å². The SMILES string of the molecule is Cc1ccc(Cl)cc1N(C(C)C(=O)NC1CCCc2ccccc21)S(C)(=O)=O. The van der Waals surface area contributed by atoms with Gasteiger partial charge in [-0.15, -0.1) is 0 Å². The van der Waals surface area contributed by atoms with Crippen molar-refractivity contribution in [2.75, 3.05) is 10.6 Å². The van der Waals surface area contributed by atoms with Crippen molar-refractivity contribution in [3.8, 4) is 0 Å². The van der Waals surface area contributed by atoms with Crippen LogP contribution in [0.3, 0.4) is 0 Å². The maximum atomic E-state index is 13.0. The van der Waals surface area contributed by atoms with E-state index in [1.54, 1.807) is 32.0 Å². The molecule has 5 nitrogen and oxygen atoms in total. The first-order chi connectivity index (χ1) is 13.2. The summed E-state index contributed by atoms with van der Waals surface area (Å²) in [7, 11) is -3.69. The monoisotopic (exact) mass is 420 g/mol. The van der Waals surface area contributed by atoms with Gasteiger partial charge in [-0.25, -0.2) is 8.42 Å². The van der Waals surface area contributed by atoms with E-state index in [0.717, 1.165) is 41.0 Å². The number of halogens is 1. The molecule has 0 spiro atoms. The lowest BCUT2D eigenvalue weighted by Gasteiger charge is -2.32. The fraction of sp³-hybridized carbons (Fsp3) is 0.381. The van der Waals surface area contributed by atoms with Crippen molar-refractivity contribution in [1.29, 1.82) is 0 Å². The summed E-state index contributed by atoms with van der Waals surface area (Å²) in [4.78, 5) is 13.0. The van der Waals surface area contributed by atoms with Crippen LogP contribution in [0.2, 0.25) is 5.02 Å². The van der Waals surface area contributed by atoms with Crippen LogP contribution in [0.4, 0.5) is 5.69 Å². The van der Waals surface area contributed by atoms with Crippen LogP contribution < -0.4 is 9.62 Å². The second-order valence-corrected chi connectivity index (χ2v) is 9.61. The molecule has 3 rings (SSSR count). The highest BCUT2D eigenvalue weighted by Crippen LogP contribution is 2.31. The van der Waals surface area contributed by atoms with E-state index in [-0.39, 0.29) is 11.9 Å². The number of nitrogens with one attached hydrogen (secondary N) is 1. The van der Waals surface area contributed by atoms with E-state index in [0.29, 0.717) is 10.7 Å². The number of aryl methyl sites for hydroxylation is 2. The third-order valence-corrected chi connectivity index (χ3v) is 6.65. The molecule has 0 heterocycles. The molecule has 1 N–H and O–H groups in total. The van der Waals surface area contributed by atoms with Gasteiger partial charge in [0.15, 0.2) is 0 Å². The first-order valence-electron chi connectivity index (χ1n) is 9.32. The Labute approximate surface area is 171 Å². The Bertz CT molecular complexity index is 991. The van der Waals surface area contributed by atoms with Crippen molar-refractivity contribution in [3.63, 3.8) is 0 Å². The number of rotatable bonds is 5. The molecule has 2 unspecified atom stereocenters. The second kappa shape index (κ2) is 8.13. The summed E-state index contributed by atoms with van der Waals surface area (Å²) >= 11 is 6.09. The van der Waals surface area contributed by atoms with Crippen LogP contribution in [0.1, 0.15) is 42.5 Å². The molecule has 1 amide bonds.